The summed E-state index contributed by atoms with van der Waals surface area (Å²) < 4.78 is 45.2. The summed E-state index contributed by atoms with van der Waals surface area (Å²) in [7, 11) is 1.55. The van der Waals surface area contributed by atoms with Gasteiger partial charge in [0.05, 0.1) is 17.7 Å². The SMILES string of the molecule is CC(C)c1cc(C(=S)N(C)CC(=O)OCCO)c2cccc(C(F)(F)F)c2n1. The minimum atomic E-state index is -4.55. The summed E-state index contributed by atoms with van der Waals surface area (Å²) in [5, 5.41) is 8.98. The summed E-state index contributed by atoms with van der Waals surface area (Å²) in [6, 6.07) is 5.48. The van der Waals surface area contributed by atoms with E-state index in [4.69, 9.17) is 22.1 Å². The third-order valence-electron chi connectivity index (χ3n) is 4.05. The summed E-state index contributed by atoms with van der Waals surface area (Å²) in [5.74, 6) is -0.718. The molecule has 1 N–H and O–H groups in total. The van der Waals surface area contributed by atoms with Gasteiger partial charge in [0.15, 0.2) is 0 Å². The second kappa shape index (κ2) is 8.83. The number of fused-ring (bicyclic) bond motifs is 1. The fraction of sp³-hybridized carbons (Fsp3) is 0.421. The van der Waals surface area contributed by atoms with Crippen molar-refractivity contribution in [2.45, 2.75) is 25.9 Å². The van der Waals surface area contributed by atoms with Crippen molar-refractivity contribution < 1.29 is 27.8 Å². The number of aromatic nitrogens is 1. The van der Waals surface area contributed by atoms with Crippen molar-refractivity contribution in [3.05, 3.63) is 41.1 Å². The maximum atomic E-state index is 13.5. The molecule has 5 nitrogen and oxygen atoms in total. The number of para-hydroxylation sites is 1. The molecule has 2 rings (SSSR count). The lowest BCUT2D eigenvalue weighted by molar-refractivity contribution is -0.144. The van der Waals surface area contributed by atoms with E-state index in [0.717, 1.165) is 6.07 Å². The maximum absolute atomic E-state index is 13.5. The van der Waals surface area contributed by atoms with Gasteiger partial charge in [-0.25, -0.2) is 0 Å². The fourth-order valence-electron chi connectivity index (χ4n) is 2.65. The molecule has 0 unspecified atom stereocenters. The molecular formula is C19H21F3N2O3S. The van der Waals surface area contributed by atoms with Crippen LogP contribution in [-0.4, -0.2) is 52.8 Å². The van der Waals surface area contributed by atoms with Crippen LogP contribution in [0.3, 0.4) is 0 Å². The number of carbonyl (C=O) groups is 1. The molecule has 0 spiro atoms. The molecule has 1 heterocycles. The van der Waals surface area contributed by atoms with Crippen LogP contribution >= 0.6 is 12.2 Å². The first kappa shape index (κ1) is 22.0. The molecule has 0 aliphatic rings. The van der Waals surface area contributed by atoms with Crippen LogP contribution < -0.4 is 0 Å². The van der Waals surface area contributed by atoms with Crippen LogP contribution in [0.4, 0.5) is 13.2 Å². The Morgan fingerprint density at radius 1 is 1.36 bits per heavy atom. The quantitative estimate of drug-likeness (QED) is 0.577. The number of hydrogen-bond acceptors (Lipinski definition) is 5. The van der Waals surface area contributed by atoms with Gasteiger partial charge in [0.1, 0.15) is 18.1 Å². The van der Waals surface area contributed by atoms with E-state index < -0.39 is 17.7 Å². The molecule has 0 saturated heterocycles. The van der Waals surface area contributed by atoms with Crippen LogP contribution in [0, 0.1) is 0 Å². The molecule has 28 heavy (non-hydrogen) atoms. The molecule has 9 heteroatoms. The third-order valence-corrected chi connectivity index (χ3v) is 4.59. The van der Waals surface area contributed by atoms with Crippen molar-refractivity contribution in [1.82, 2.24) is 9.88 Å². The Bertz CT molecular complexity index is 885. The van der Waals surface area contributed by atoms with E-state index in [1.54, 1.807) is 13.1 Å². The van der Waals surface area contributed by atoms with E-state index in [1.165, 1.54) is 17.0 Å². The summed E-state index contributed by atoms with van der Waals surface area (Å²) in [5.41, 5.74) is -0.138. The van der Waals surface area contributed by atoms with E-state index in [0.29, 0.717) is 11.3 Å². The van der Waals surface area contributed by atoms with E-state index in [-0.39, 0.29) is 41.6 Å². The van der Waals surface area contributed by atoms with Crippen molar-refractivity contribution in [2.24, 2.45) is 0 Å². The maximum Gasteiger partial charge on any atom is 0.418 e. The van der Waals surface area contributed by atoms with Crippen LogP contribution in [0.5, 0.6) is 0 Å². The predicted octanol–water partition coefficient (Wildman–Crippen LogP) is 3.52. The number of likely N-dealkylation sites (N-methyl/N-ethyl adjacent to an activating group) is 1. The summed E-state index contributed by atoms with van der Waals surface area (Å²) in [6.07, 6.45) is -4.55. The van der Waals surface area contributed by atoms with Gasteiger partial charge in [-0.3, -0.25) is 9.78 Å². The Balaban J connectivity index is 2.53. The van der Waals surface area contributed by atoms with Crippen LogP contribution in [0.25, 0.3) is 10.9 Å². The minimum absolute atomic E-state index is 0.118. The molecule has 0 atom stereocenters. The van der Waals surface area contributed by atoms with Crippen molar-refractivity contribution in [1.29, 1.82) is 0 Å². The topological polar surface area (TPSA) is 62.7 Å². The third kappa shape index (κ3) is 4.96. The number of nitrogens with zero attached hydrogens (tertiary/aromatic N) is 2. The highest BCUT2D eigenvalue weighted by atomic mass is 32.1. The van der Waals surface area contributed by atoms with Crippen molar-refractivity contribution in [2.75, 3.05) is 26.8 Å². The number of alkyl halides is 3. The molecular weight excluding hydrogens is 393 g/mol. The van der Waals surface area contributed by atoms with E-state index >= 15 is 0 Å². The minimum Gasteiger partial charge on any atom is -0.462 e. The molecule has 2 aromatic rings. The largest absolute Gasteiger partial charge is 0.462 e. The number of hydrogen-bond donors (Lipinski definition) is 1. The molecule has 0 bridgehead atoms. The number of carbonyl (C=O) groups excluding carboxylic acids is 1. The second-order valence-corrected chi connectivity index (χ2v) is 6.94. The Morgan fingerprint density at radius 3 is 2.61 bits per heavy atom. The average molecular weight is 414 g/mol. The molecule has 0 radical (unpaired) electrons. The first-order chi connectivity index (χ1) is 13.1. The molecule has 0 saturated carbocycles. The van der Waals surface area contributed by atoms with Crippen molar-refractivity contribution >= 4 is 34.1 Å². The lowest BCUT2D eigenvalue weighted by Crippen LogP contribution is -2.33. The fourth-order valence-corrected chi connectivity index (χ4v) is 2.88. The van der Waals surface area contributed by atoms with Gasteiger partial charge in [-0.05, 0) is 18.1 Å². The van der Waals surface area contributed by atoms with Crippen molar-refractivity contribution in [3.63, 3.8) is 0 Å². The highest BCUT2D eigenvalue weighted by Crippen LogP contribution is 2.36. The van der Waals surface area contributed by atoms with Crippen LogP contribution in [0.1, 0.15) is 36.6 Å². The number of benzene rings is 1. The second-order valence-electron chi connectivity index (χ2n) is 6.55. The van der Waals surface area contributed by atoms with Gasteiger partial charge >= 0.3 is 12.1 Å². The average Bonchev–Trinajstić information content (AvgIpc) is 2.63. The number of aliphatic hydroxyl groups excluding tert-OH is 1. The van der Waals surface area contributed by atoms with Gasteiger partial charge in [-0.1, -0.05) is 38.2 Å². The molecule has 0 amide bonds. The zero-order valence-electron chi connectivity index (χ0n) is 15.7. The summed E-state index contributed by atoms with van der Waals surface area (Å²) >= 11 is 5.44. The number of pyridine rings is 1. The number of rotatable bonds is 6. The first-order valence-corrected chi connectivity index (χ1v) is 9.00. The summed E-state index contributed by atoms with van der Waals surface area (Å²) in [6.45, 7) is 3.02. The van der Waals surface area contributed by atoms with Gasteiger partial charge in [-0.15, -0.1) is 0 Å². The monoisotopic (exact) mass is 414 g/mol. The lowest BCUT2D eigenvalue weighted by atomic mass is 9.99. The Labute approximate surface area is 166 Å². The molecule has 0 aliphatic carbocycles. The number of thiocarbonyl (C=S) groups is 1. The Morgan fingerprint density at radius 2 is 2.04 bits per heavy atom. The highest BCUT2D eigenvalue weighted by Gasteiger charge is 2.34. The van der Waals surface area contributed by atoms with E-state index in [2.05, 4.69) is 4.98 Å². The van der Waals surface area contributed by atoms with Gasteiger partial charge in [-0.2, -0.15) is 13.2 Å². The van der Waals surface area contributed by atoms with Crippen LogP contribution in [-0.2, 0) is 15.7 Å². The van der Waals surface area contributed by atoms with Gasteiger partial charge in [0.2, 0.25) is 0 Å². The first-order valence-electron chi connectivity index (χ1n) is 8.59. The number of halogens is 3. The van der Waals surface area contributed by atoms with E-state index in [1.807, 2.05) is 13.8 Å². The normalized spacial score (nSPS) is 11.7. The standard InChI is InChI=1S/C19H21F3N2O3S/c1-11(2)15-9-13(18(28)24(3)10-16(26)27-8-7-25)12-5-4-6-14(17(12)23-15)19(20,21)22/h4-6,9,11,25H,7-8,10H2,1-3H3. The molecule has 0 fully saturated rings. The van der Waals surface area contributed by atoms with E-state index in [9.17, 15) is 18.0 Å². The van der Waals surface area contributed by atoms with Crippen LogP contribution in [0.2, 0.25) is 0 Å². The molecule has 0 aliphatic heterocycles. The van der Waals surface area contributed by atoms with Gasteiger partial charge < -0.3 is 14.7 Å². The number of ether oxygens (including phenoxy) is 1. The number of esters is 1. The Kier molecular flexibility index (Phi) is 6.95. The lowest BCUT2D eigenvalue weighted by Gasteiger charge is -2.22. The molecule has 1 aromatic carbocycles. The van der Waals surface area contributed by atoms with Gasteiger partial charge in [0.25, 0.3) is 0 Å². The van der Waals surface area contributed by atoms with Crippen molar-refractivity contribution in [3.8, 4) is 0 Å². The number of aliphatic hydroxyl groups is 1. The zero-order chi connectivity index (χ0) is 21.1. The van der Waals surface area contributed by atoms with Gasteiger partial charge in [0, 0.05) is 23.7 Å². The van der Waals surface area contributed by atoms with Crippen LogP contribution in [0.15, 0.2) is 24.3 Å². The molecule has 152 valence electrons. The zero-order valence-corrected chi connectivity index (χ0v) is 16.5. The predicted molar refractivity (Wildman–Crippen MR) is 103 cm³/mol. The Hall–Kier alpha value is -2.26. The highest BCUT2D eigenvalue weighted by molar-refractivity contribution is 7.80. The molecule has 1 aromatic heterocycles. The summed E-state index contributed by atoms with van der Waals surface area (Å²) in [4.78, 5) is 17.6. The smallest absolute Gasteiger partial charge is 0.418 e.